The van der Waals surface area contributed by atoms with E-state index < -0.39 is 16.1 Å². The van der Waals surface area contributed by atoms with Gasteiger partial charge in [0.15, 0.2) is 6.54 Å². The fraction of sp³-hybridized carbons (Fsp3) is 0.579. The molecule has 8 nitrogen and oxygen atoms in total. The van der Waals surface area contributed by atoms with Crippen LogP contribution < -0.4 is 15.5 Å². The van der Waals surface area contributed by atoms with Crippen LogP contribution in [0.15, 0.2) is 30.3 Å². The lowest BCUT2D eigenvalue weighted by Crippen LogP contribution is -3.15. The lowest BCUT2D eigenvalue weighted by atomic mass is 10.2. The number of sulfonamides is 1. The van der Waals surface area contributed by atoms with E-state index in [1.54, 1.807) is 19.1 Å². The van der Waals surface area contributed by atoms with E-state index in [0.29, 0.717) is 32.7 Å². The molecule has 1 aromatic rings. The normalized spacial score (nSPS) is 17.1. The summed E-state index contributed by atoms with van der Waals surface area (Å²) in [6, 6.07) is 8.55. The molecule has 0 aromatic heterocycles. The number of hydrogen-bond acceptors (Lipinski definition) is 4. The number of hydrogen-bond donors (Lipinski definition) is 3. The van der Waals surface area contributed by atoms with Crippen LogP contribution in [0.5, 0.6) is 0 Å². The maximum atomic E-state index is 12.6. The third-order valence-corrected chi connectivity index (χ3v) is 6.60. The van der Waals surface area contributed by atoms with Crippen LogP contribution in [-0.2, 0) is 25.4 Å². The minimum Gasteiger partial charge on any atom is -0.354 e. The lowest BCUT2D eigenvalue weighted by molar-refractivity contribution is -0.895. The van der Waals surface area contributed by atoms with Gasteiger partial charge < -0.3 is 15.5 Å². The summed E-state index contributed by atoms with van der Waals surface area (Å²) in [4.78, 5) is 25.0. The highest BCUT2D eigenvalue weighted by molar-refractivity contribution is 7.88. The Morgan fingerprint density at radius 2 is 1.82 bits per heavy atom. The van der Waals surface area contributed by atoms with Gasteiger partial charge in [0.25, 0.3) is 5.91 Å². The van der Waals surface area contributed by atoms with Crippen molar-refractivity contribution in [2.24, 2.45) is 0 Å². The summed E-state index contributed by atoms with van der Waals surface area (Å²) in [5, 5.41) is 5.46. The van der Waals surface area contributed by atoms with Crippen molar-refractivity contribution in [3.8, 4) is 0 Å². The number of carbonyl (C=O) groups excluding carboxylic acids is 2. The predicted molar refractivity (Wildman–Crippen MR) is 107 cm³/mol. The molecule has 1 aliphatic rings. The number of amides is 2. The highest BCUT2D eigenvalue weighted by Gasteiger charge is 2.30. The van der Waals surface area contributed by atoms with Crippen molar-refractivity contribution < 1.29 is 22.9 Å². The minimum absolute atomic E-state index is 0.00591. The van der Waals surface area contributed by atoms with Crippen molar-refractivity contribution in [1.29, 1.82) is 0 Å². The first-order valence-corrected chi connectivity index (χ1v) is 11.3. The Balaban J connectivity index is 1.77. The zero-order valence-electron chi connectivity index (χ0n) is 16.6. The second-order valence-corrected chi connectivity index (χ2v) is 9.12. The summed E-state index contributed by atoms with van der Waals surface area (Å²) < 4.78 is 26.7. The van der Waals surface area contributed by atoms with E-state index in [2.05, 4.69) is 10.6 Å². The standard InChI is InChI=1S/C19H30N4O4S/c1-3-9-20-19(25)16(2)21-18(24)14-22-10-12-23(13-11-22)28(26,27)15-17-7-5-4-6-8-17/h4-8,16H,3,9-15H2,1-2H3,(H,20,25)(H,21,24)/p+1/t16-/m1/s1. The minimum atomic E-state index is -3.36. The highest BCUT2D eigenvalue weighted by Crippen LogP contribution is 2.10. The van der Waals surface area contributed by atoms with Crippen molar-refractivity contribution in [2.75, 3.05) is 39.3 Å². The van der Waals surface area contributed by atoms with Gasteiger partial charge in [-0.15, -0.1) is 0 Å². The number of benzene rings is 1. The molecule has 2 rings (SSSR count). The number of carbonyl (C=O) groups is 2. The molecule has 9 heteroatoms. The van der Waals surface area contributed by atoms with E-state index in [9.17, 15) is 18.0 Å². The topological polar surface area (TPSA) is 100 Å². The zero-order valence-corrected chi connectivity index (χ0v) is 17.4. The Hall–Kier alpha value is -1.97. The van der Waals surface area contributed by atoms with E-state index in [-0.39, 0.29) is 24.1 Å². The van der Waals surface area contributed by atoms with E-state index >= 15 is 0 Å². The van der Waals surface area contributed by atoms with Gasteiger partial charge in [0, 0.05) is 6.54 Å². The van der Waals surface area contributed by atoms with Gasteiger partial charge in [-0.1, -0.05) is 37.3 Å². The molecule has 1 aliphatic heterocycles. The Kier molecular flexibility index (Phi) is 8.40. The average molecular weight is 412 g/mol. The summed E-state index contributed by atoms with van der Waals surface area (Å²) in [5.74, 6) is -0.398. The van der Waals surface area contributed by atoms with E-state index in [1.807, 2.05) is 25.1 Å². The van der Waals surface area contributed by atoms with Gasteiger partial charge in [0.1, 0.15) is 6.04 Å². The van der Waals surface area contributed by atoms with Gasteiger partial charge in [-0.05, 0) is 18.9 Å². The Bertz CT molecular complexity index is 746. The number of quaternary nitrogens is 1. The van der Waals surface area contributed by atoms with Crippen LogP contribution in [0.25, 0.3) is 0 Å². The van der Waals surface area contributed by atoms with Crippen LogP contribution in [0.1, 0.15) is 25.8 Å². The van der Waals surface area contributed by atoms with Gasteiger partial charge in [0.2, 0.25) is 15.9 Å². The van der Waals surface area contributed by atoms with Gasteiger partial charge in [-0.2, -0.15) is 4.31 Å². The molecule has 0 saturated carbocycles. The largest absolute Gasteiger partial charge is 0.354 e. The quantitative estimate of drug-likeness (QED) is 0.473. The van der Waals surface area contributed by atoms with Crippen LogP contribution in [0.4, 0.5) is 0 Å². The molecule has 0 aliphatic carbocycles. The smallest absolute Gasteiger partial charge is 0.275 e. The van der Waals surface area contributed by atoms with Crippen molar-refractivity contribution in [3.63, 3.8) is 0 Å². The average Bonchev–Trinajstić information content (AvgIpc) is 2.66. The number of piperazine rings is 1. The summed E-state index contributed by atoms with van der Waals surface area (Å²) >= 11 is 0. The van der Waals surface area contributed by atoms with E-state index in [4.69, 9.17) is 0 Å². The van der Waals surface area contributed by atoms with Gasteiger partial charge in [-0.3, -0.25) is 9.59 Å². The second-order valence-electron chi connectivity index (χ2n) is 7.15. The summed E-state index contributed by atoms with van der Waals surface area (Å²) in [6.07, 6.45) is 0.841. The molecule has 3 N–H and O–H groups in total. The van der Waals surface area contributed by atoms with Crippen molar-refractivity contribution in [1.82, 2.24) is 14.9 Å². The maximum absolute atomic E-state index is 12.6. The molecule has 0 unspecified atom stereocenters. The van der Waals surface area contributed by atoms with Gasteiger partial charge in [0.05, 0.1) is 31.9 Å². The summed E-state index contributed by atoms with van der Waals surface area (Å²) in [5.41, 5.74) is 0.770. The first-order chi connectivity index (χ1) is 13.3. The Morgan fingerprint density at radius 1 is 1.18 bits per heavy atom. The fourth-order valence-corrected chi connectivity index (χ4v) is 4.66. The fourth-order valence-electron chi connectivity index (χ4n) is 3.12. The molecule has 28 heavy (non-hydrogen) atoms. The van der Waals surface area contributed by atoms with E-state index in [1.165, 1.54) is 4.31 Å². The molecule has 0 bridgehead atoms. The third-order valence-electron chi connectivity index (χ3n) is 4.75. The van der Waals surface area contributed by atoms with Crippen molar-refractivity contribution in [3.05, 3.63) is 35.9 Å². The molecule has 1 saturated heterocycles. The molecule has 1 heterocycles. The number of rotatable bonds is 9. The zero-order chi connectivity index (χ0) is 20.6. The molecular formula is C19H31N4O4S+. The number of nitrogens with one attached hydrogen (secondary N) is 3. The maximum Gasteiger partial charge on any atom is 0.275 e. The van der Waals surface area contributed by atoms with Gasteiger partial charge >= 0.3 is 0 Å². The Labute approximate surface area is 167 Å². The summed E-state index contributed by atoms with van der Waals surface area (Å²) in [7, 11) is -3.36. The van der Waals surface area contributed by atoms with E-state index in [0.717, 1.165) is 16.9 Å². The SMILES string of the molecule is CCCNC(=O)[C@@H](C)NC(=O)C[NH+]1CCN(S(=O)(=O)Cc2ccccc2)CC1. The molecular weight excluding hydrogens is 380 g/mol. The summed E-state index contributed by atoms with van der Waals surface area (Å²) in [6.45, 7) is 6.37. The van der Waals surface area contributed by atoms with Crippen LogP contribution in [0, 0.1) is 0 Å². The van der Waals surface area contributed by atoms with Crippen LogP contribution >= 0.6 is 0 Å². The lowest BCUT2D eigenvalue weighted by Gasteiger charge is -2.31. The monoisotopic (exact) mass is 411 g/mol. The molecule has 0 radical (unpaired) electrons. The van der Waals surface area contributed by atoms with Gasteiger partial charge in [-0.25, -0.2) is 8.42 Å². The molecule has 1 aromatic carbocycles. The molecule has 2 amide bonds. The highest BCUT2D eigenvalue weighted by atomic mass is 32.2. The number of nitrogens with zero attached hydrogens (tertiary/aromatic N) is 1. The predicted octanol–water partition coefficient (Wildman–Crippen LogP) is -1.25. The first kappa shape index (κ1) is 22.3. The Morgan fingerprint density at radius 3 is 2.43 bits per heavy atom. The first-order valence-electron chi connectivity index (χ1n) is 9.74. The molecule has 156 valence electrons. The second kappa shape index (κ2) is 10.5. The van der Waals surface area contributed by atoms with Crippen molar-refractivity contribution >= 4 is 21.8 Å². The van der Waals surface area contributed by atoms with Crippen molar-refractivity contribution in [2.45, 2.75) is 32.1 Å². The van der Waals surface area contributed by atoms with Crippen LogP contribution in [-0.4, -0.2) is 69.8 Å². The molecule has 1 fully saturated rings. The van der Waals surface area contributed by atoms with Crippen LogP contribution in [0.2, 0.25) is 0 Å². The third kappa shape index (κ3) is 6.88. The molecule has 0 spiro atoms. The van der Waals surface area contributed by atoms with Crippen LogP contribution in [0.3, 0.4) is 0 Å². The molecule has 1 atom stereocenters.